The van der Waals surface area contributed by atoms with Gasteiger partial charge in [-0.2, -0.15) is 4.31 Å². The molecule has 1 aromatic rings. The van der Waals surface area contributed by atoms with Gasteiger partial charge in [0.15, 0.2) is 0 Å². The van der Waals surface area contributed by atoms with E-state index in [1.807, 2.05) is 0 Å². The van der Waals surface area contributed by atoms with Crippen molar-refractivity contribution in [3.63, 3.8) is 0 Å². The van der Waals surface area contributed by atoms with E-state index in [-0.39, 0.29) is 16.5 Å². The van der Waals surface area contributed by atoms with E-state index in [9.17, 15) is 13.2 Å². The lowest BCUT2D eigenvalue weighted by Gasteiger charge is -2.23. The van der Waals surface area contributed by atoms with Gasteiger partial charge >= 0.3 is 5.97 Å². The summed E-state index contributed by atoms with van der Waals surface area (Å²) in [7, 11) is -3.79. The third-order valence-corrected chi connectivity index (χ3v) is 5.44. The second kappa shape index (κ2) is 5.44. The number of pyridine rings is 1. The zero-order chi connectivity index (χ0) is 14.0. The Bertz CT molecular complexity index is 590. The van der Waals surface area contributed by atoms with Gasteiger partial charge in [0.2, 0.25) is 10.0 Å². The third kappa shape index (κ3) is 2.88. The SMILES string of the molecule is O=C(O)CC1CCCN1S(=O)(=O)c1cccnc1Cl. The zero-order valence-electron chi connectivity index (χ0n) is 9.99. The second-order valence-corrected chi connectivity index (χ2v) is 6.52. The summed E-state index contributed by atoms with van der Waals surface area (Å²) in [5.74, 6) is -1.01. The number of carbonyl (C=O) groups is 1. The lowest BCUT2D eigenvalue weighted by Crippen LogP contribution is -2.37. The molecule has 1 saturated heterocycles. The molecule has 0 aromatic carbocycles. The van der Waals surface area contributed by atoms with Crippen molar-refractivity contribution in [1.29, 1.82) is 0 Å². The number of aromatic nitrogens is 1. The van der Waals surface area contributed by atoms with Crippen molar-refractivity contribution in [2.45, 2.75) is 30.2 Å². The van der Waals surface area contributed by atoms with Gasteiger partial charge in [0.25, 0.3) is 0 Å². The molecule has 1 aliphatic rings. The molecule has 0 amide bonds. The lowest BCUT2D eigenvalue weighted by atomic mass is 10.2. The van der Waals surface area contributed by atoms with Crippen LogP contribution < -0.4 is 0 Å². The third-order valence-electron chi connectivity index (χ3n) is 3.04. The van der Waals surface area contributed by atoms with Crippen molar-refractivity contribution >= 4 is 27.6 Å². The number of aliphatic carboxylic acids is 1. The van der Waals surface area contributed by atoms with Crippen LogP contribution in [0.1, 0.15) is 19.3 Å². The molecule has 2 heterocycles. The van der Waals surface area contributed by atoms with Crippen LogP contribution in [0.5, 0.6) is 0 Å². The second-order valence-electron chi connectivity index (χ2n) is 4.30. The Morgan fingerprint density at radius 2 is 2.32 bits per heavy atom. The minimum atomic E-state index is -3.79. The first-order valence-corrected chi connectivity index (χ1v) is 7.59. The minimum absolute atomic E-state index is 0.0750. The number of sulfonamides is 1. The molecule has 1 unspecified atom stereocenters. The molecule has 6 nitrogen and oxygen atoms in total. The molecule has 1 aromatic heterocycles. The first-order valence-electron chi connectivity index (χ1n) is 5.77. The smallest absolute Gasteiger partial charge is 0.304 e. The maximum atomic E-state index is 12.5. The molecule has 0 aliphatic carbocycles. The Hall–Kier alpha value is -1.18. The Labute approximate surface area is 116 Å². The van der Waals surface area contributed by atoms with Crippen LogP contribution in [0.3, 0.4) is 0 Å². The van der Waals surface area contributed by atoms with E-state index in [1.54, 1.807) is 0 Å². The van der Waals surface area contributed by atoms with Crippen molar-refractivity contribution < 1.29 is 18.3 Å². The summed E-state index contributed by atoms with van der Waals surface area (Å²) in [6.07, 6.45) is 2.40. The molecule has 19 heavy (non-hydrogen) atoms. The highest BCUT2D eigenvalue weighted by atomic mass is 35.5. The zero-order valence-corrected chi connectivity index (χ0v) is 11.6. The predicted octanol–water partition coefficient (Wildman–Crippen LogP) is 1.36. The average Bonchev–Trinajstić information content (AvgIpc) is 2.77. The number of hydrogen-bond acceptors (Lipinski definition) is 4. The number of hydrogen-bond donors (Lipinski definition) is 1. The van der Waals surface area contributed by atoms with Gasteiger partial charge in [-0.05, 0) is 25.0 Å². The molecule has 1 fully saturated rings. The monoisotopic (exact) mass is 304 g/mol. The van der Waals surface area contributed by atoms with Crippen molar-refractivity contribution in [1.82, 2.24) is 9.29 Å². The van der Waals surface area contributed by atoms with Crippen LogP contribution in [-0.2, 0) is 14.8 Å². The highest BCUT2D eigenvalue weighted by Gasteiger charge is 2.37. The topological polar surface area (TPSA) is 87.6 Å². The fraction of sp³-hybridized carbons (Fsp3) is 0.455. The quantitative estimate of drug-likeness (QED) is 0.849. The van der Waals surface area contributed by atoms with Crippen LogP contribution >= 0.6 is 11.6 Å². The number of carboxylic acids is 1. The van der Waals surface area contributed by atoms with Crippen LogP contribution in [0.25, 0.3) is 0 Å². The first-order chi connectivity index (χ1) is 8.93. The van der Waals surface area contributed by atoms with Crippen LogP contribution in [-0.4, -0.2) is 41.4 Å². The van der Waals surface area contributed by atoms with E-state index in [1.165, 1.54) is 22.6 Å². The molecule has 0 bridgehead atoms. The largest absolute Gasteiger partial charge is 0.481 e. The number of halogens is 1. The van der Waals surface area contributed by atoms with E-state index < -0.39 is 22.0 Å². The maximum absolute atomic E-state index is 12.5. The molecular weight excluding hydrogens is 292 g/mol. The molecule has 2 rings (SSSR count). The van der Waals surface area contributed by atoms with Crippen LogP contribution in [0.2, 0.25) is 5.15 Å². The number of nitrogens with zero attached hydrogens (tertiary/aromatic N) is 2. The summed E-state index contributed by atoms with van der Waals surface area (Å²) in [5, 5.41) is 8.73. The molecule has 1 aliphatic heterocycles. The highest BCUT2D eigenvalue weighted by molar-refractivity contribution is 7.89. The van der Waals surface area contributed by atoms with Crippen molar-refractivity contribution in [3.05, 3.63) is 23.5 Å². The minimum Gasteiger partial charge on any atom is -0.481 e. The standard InChI is InChI=1S/C11H13ClN2O4S/c12-11-9(4-1-5-13-11)19(17,18)14-6-2-3-8(14)7-10(15)16/h1,4-5,8H,2-3,6-7H2,(H,15,16). The molecule has 0 saturated carbocycles. The van der Waals surface area contributed by atoms with Crippen LogP contribution in [0.4, 0.5) is 0 Å². The van der Waals surface area contributed by atoms with Crippen molar-refractivity contribution in [2.75, 3.05) is 6.54 Å². The van der Waals surface area contributed by atoms with Crippen LogP contribution in [0.15, 0.2) is 23.2 Å². The predicted molar refractivity (Wildman–Crippen MR) is 68.4 cm³/mol. The summed E-state index contributed by atoms with van der Waals surface area (Å²) in [6.45, 7) is 0.311. The highest BCUT2D eigenvalue weighted by Crippen LogP contribution is 2.30. The van der Waals surface area contributed by atoms with Crippen LogP contribution in [0, 0.1) is 0 Å². The van der Waals surface area contributed by atoms with E-state index >= 15 is 0 Å². The summed E-state index contributed by atoms with van der Waals surface area (Å²) in [4.78, 5) is 14.4. The Morgan fingerprint density at radius 3 is 2.95 bits per heavy atom. The fourth-order valence-electron chi connectivity index (χ4n) is 2.22. The molecule has 1 atom stereocenters. The first kappa shape index (κ1) is 14.2. The van der Waals surface area contributed by atoms with Gasteiger partial charge in [-0.3, -0.25) is 4.79 Å². The summed E-state index contributed by atoms with van der Waals surface area (Å²) in [6, 6.07) is 2.35. The molecule has 0 radical (unpaired) electrons. The molecule has 1 N–H and O–H groups in total. The molecular formula is C11H13ClN2O4S. The van der Waals surface area contributed by atoms with Crippen molar-refractivity contribution in [3.8, 4) is 0 Å². The van der Waals surface area contributed by atoms with Gasteiger partial charge in [0.05, 0.1) is 6.42 Å². The van der Waals surface area contributed by atoms with Gasteiger partial charge in [0.1, 0.15) is 10.0 Å². The molecule has 104 valence electrons. The Balaban J connectivity index is 2.34. The van der Waals surface area contributed by atoms with E-state index in [0.717, 1.165) is 0 Å². The van der Waals surface area contributed by atoms with Gasteiger partial charge in [-0.1, -0.05) is 11.6 Å². The number of carboxylic acid groups (broad SMARTS) is 1. The molecule has 8 heteroatoms. The Morgan fingerprint density at radius 1 is 1.58 bits per heavy atom. The van der Waals surface area contributed by atoms with E-state index in [4.69, 9.17) is 16.7 Å². The van der Waals surface area contributed by atoms with Crippen molar-refractivity contribution in [2.24, 2.45) is 0 Å². The summed E-state index contributed by atoms with van der Waals surface area (Å²) < 4.78 is 26.1. The lowest BCUT2D eigenvalue weighted by molar-refractivity contribution is -0.137. The van der Waals surface area contributed by atoms with Gasteiger partial charge in [-0.15, -0.1) is 0 Å². The normalized spacial score (nSPS) is 20.6. The average molecular weight is 305 g/mol. The van der Waals surface area contributed by atoms with Gasteiger partial charge in [-0.25, -0.2) is 13.4 Å². The fourth-order valence-corrected chi connectivity index (χ4v) is 4.34. The maximum Gasteiger partial charge on any atom is 0.304 e. The van der Waals surface area contributed by atoms with Gasteiger partial charge in [0, 0.05) is 18.8 Å². The number of rotatable bonds is 4. The summed E-state index contributed by atoms with van der Waals surface area (Å²) >= 11 is 5.81. The summed E-state index contributed by atoms with van der Waals surface area (Å²) in [5.41, 5.74) is 0. The van der Waals surface area contributed by atoms with Gasteiger partial charge < -0.3 is 5.11 Å². The Kier molecular flexibility index (Phi) is 4.07. The van der Waals surface area contributed by atoms with E-state index in [0.29, 0.717) is 19.4 Å². The molecule has 0 spiro atoms. The van der Waals surface area contributed by atoms with E-state index in [2.05, 4.69) is 4.98 Å².